The van der Waals surface area contributed by atoms with Gasteiger partial charge in [-0.25, -0.2) is 0 Å². The van der Waals surface area contributed by atoms with Crippen molar-refractivity contribution in [2.75, 3.05) is 6.61 Å². The van der Waals surface area contributed by atoms with Gasteiger partial charge in [-0.05, 0) is 19.3 Å². The smallest absolute Gasteiger partial charge is 0.0764 e. The highest BCUT2D eigenvalue weighted by molar-refractivity contribution is 4.77. The summed E-state index contributed by atoms with van der Waals surface area (Å²) in [4.78, 5) is 0. The lowest BCUT2D eigenvalue weighted by Gasteiger charge is -2.29. The molecule has 0 amide bonds. The van der Waals surface area contributed by atoms with Crippen molar-refractivity contribution in [3.8, 4) is 0 Å². The minimum Gasteiger partial charge on any atom is -0.377 e. The molecule has 0 aromatic heterocycles. The van der Waals surface area contributed by atoms with Crippen LogP contribution in [0.25, 0.3) is 0 Å². The largest absolute Gasteiger partial charge is 0.377 e. The maximum absolute atomic E-state index is 5.79. The van der Waals surface area contributed by atoms with E-state index in [4.69, 9.17) is 10.6 Å². The lowest BCUT2D eigenvalue weighted by molar-refractivity contribution is 0.000864. The van der Waals surface area contributed by atoms with E-state index in [1.165, 1.54) is 32.1 Å². The minimum atomic E-state index is 0.233. The van der Waals surface area contributed by atoms with Gasteiger partial charge >= 0.3 is 0 Å². The molecule has 3 heteroatoms. The highest BCUT2D eigenvalue weighted by atomic mass is 16.5. The molecule has 0 fully saturated rings. The Kier molecular flexibility index (Phi) is 10.9. The van der Waals surface area contributed by atoms with Gasteiger partial charge in [-0.3, -0.25) is 11.3 Å². The van der Waals surface area contributed by atoms with Gasteiger partial charge in [0.05, 0.1) is 6.10 Å². The monoisotopic (exact) mass is 244 g/mol. The Balaban J connectivity index is 3.92. The van der Waals surface area contributed by atoms with Crippen LogP contribution in [0.5, 0.6) is 0 Å². The number of hydrazine groups is 1. The zero-order valence-corrected chi connectivity index (χ0v) is 12.2. The summed E-state index contributed by atoms with van der Waals surface area (Å²) in [6.07, 6.45) is 7.88. The number of rotatable bonds is 11. The van der Waals surface area contributed by atoms with E-state index in [1.807, 2.05) is 6.92 Å². The molecule has 3 nitrogen and oxygen atoms in total. The van der Waals surface area contributed by atoms with E-state index in [-0.39, 0.29) is 12.1 Å². The lowest BCUT2D eigenvalue weighted by atomic mass is 9.95. The molecule has 2 atom stereocenters. The number of hydrogen-bond donors (Lipinski definition) is 2. The molecule has 2 unspecified atom stereocenters. The van der Waals surface area contributed by atoms with Crippen LogP contribution in [0, 0.1) is 5.92 Å². The molecule has 0 heterocycles. The van der Waals surface area contributed by atoms with Crippen molar-refractivity contribution in [2.45, 2.75) is 78.4 Å². The summed E-state index contributed by atoms with van der Waals surface area (Å²) >= 11 is 0. The van der Waals surface area contributed by atoms with Gasteiger partial charge in [0.2, 0.25) is 0 Å². The van der Waals surface area contributed by atoms with E-state index >= 15 is 0 Å². The van der Waals surface area contributed by atoms with Crippen LogP contribution in [0.3, 0.4) is 0 Å². The first kappa shape index (κ1) is 16.9. The SMILES string of the molecule is CCCCCCCC(NN)C(OCC)C(C)C. The fourth-order valence-corrected chi connectivity index (χ4v) is 2.28. The third-order valence-corrected chi connectivity index (χ3v) is 3.25. The molecule has 0 saturated heterocycles. The zero-order chi connectivity index (χ0) is 13.1. The average Bonchev–Trinajstić information content (AvgIpc) is 2.31. The maximum Gasteiger partial charge on any atom is 0.0764 e. The Bertz CT molecular complexity index is 162. The second kappa shape index (κ2) is 11.0. The van der Waals surface area contributed by atoms with Crippen LogP contribution in [-0.4, -0.2) is 18.8 Å². The summed E-state index contributed by atoms with van der Waals surface area (Å²) < 4.78 is 5.79. The van der Waals surface area contributed by atoms with E-state index < -0.39 is 0 Å². The van der Waals surface area contributed by atoms with E-state index in [1.54, 1.807) is 0 Å². The molecular weight excluding hydrogens is 212 g/mol. The van der Waals surface area contributed by atoms with Gasteiger partial charge in [0.15, 0.2) is 0 Å². The molecule has 17 heavy (non-hydrogen) atoms. The number of ether oxygens (including phenoxy) is 1. The molecular formula is C14H32N2O. The molecule has 0 rings (SSSR count). The minimum absolute atomic E-state index is 0.233. The lowest BCUT2D eigenvalue weighted by Crippen LogP contribution is -2.47. The van der Waals surface area contributed by atoms with Crippen molar-refractivity contribution in [3.05, 3.63) is 0 Å². The Morgan fingerprint density at radius 2 is 1.71 bits per heavy atom. The van der Waals surface area contributed by atoms with Gasteiger partial charge < -0.3 is 4.74 Å². The number of nitrogens with one attached hydrogen (secondary N) is 1. The van der Waals surface area contributed by atoms with E-state index in [2.05, 4.69) is 26.2 Å². The van der Waals surface area contributed by atoms with Crippen LogP contribution in [0.2, 0.25) is 0 Å². The predicted molar refractivity (Wildman–Crippen MR) is 74.7 cm³/mol. The second-order valence-electron chi connectivity index (χ2n) is 5.14. The summed E-state index contributed by atoms with van der Waals surface area (Å²) in [5.41, 5.74) is 2.93. The first-order valence-corrected chi connectivity index (χ1v) is 7.25. The molecule has 0 bridgehead atoms. The van der Waals surface area contributed by atoms with E-state index in [0.717, 1.165) is 13.0 Å². The Labute approximate surface area is 107 Å². The van der Waals surface area contributed by atoms with Crippen molar-refractivity contribution in [2.24, 2.45) is 11.8 Å². The number of nitrogens with two attached hydrogens (primary N) is 1. The Morgan fingerprint density at radius 3 is 2.18 bits per heavy atom. The quantitative estimate of drug-likeness (QED) is 0.333. The fourth-order valence-electron chi connectivity index (χ4n) is 2.28. The number of hydrogen-bond acceptors (Lipinski definition) is 3. The van der Waals surface area contributed by atoms with Crippen LogP contribution in [0.4, 0.5) is 0 Å². The number of unbranched alkanes of at least 4 members (excludes halogenated alkanes) is 4. The molecule has 0 saturated carbocycles. The van der Waals surface area contributed by atoms with Crippen LogP contribution in [0.1, 0.15) is 66.2 Å². The third kappa shape index (κ3) is 7.74. The molecule has 0 spiro atoms. The van der Waals surface area contributed by atoms with Gasteiger partial charge in [0.25, 0.3) is 0 Å². The first-order valence-electron chi connectivity index (χ1n) is 7.25. The second-order valence-corrected chi connectivity index (χ2v) is 5.14. The summed E-state index contributed by atoms with van der Waals surface area (Å²) in [6, 6.07) is 0.288. The highest BCUT2D eigenvalue weighted by Gasteiger charge is 2.23. The van der Waals surface area contributed by atoms with Gasteiger partial charge in [-0.1, -0.05) is 52.9 Å². The Morgan fingerprint density at radius 1 is 1.06 bits per heavy atom. The molecule has 3 N–H and O–H groups in total. The average molecular weight is 244 g/mol. The van der Waals surface area contributed by atoms with Gasteiger partial charge in [-0.15, -0.1) is 0 Å². The van der Waals surface area contributed by atoms with Crippen molar-refractivity contribution in [1.29, 1.82) is 0 Å². The Hall–Kier alpha value is -0.120. The highest BCUT2D eigenvalue weighted by Crippen LogP contribution is 2.16. The van der Waals surface area contributed by atoms with Gasteiger partial charge in [0, 0.05) is 12.6 Å². The molecule has 0 radical (unpaired) electrons. The summed E-state index contributed by atoms with van der Waals surface area (Å²) in [6.45, 7) is 9.44. The van der Waals surface area contributed by atoms with Crippen molar-refractivity contribution in [3.63, 3.8) is 0 Å². The van der Waals surface area contributed by atoms with Crippen LogP contribution in [-0.2, 0) is 4.74 Å². The zero-order valence-electron chi connectivity index (χ0n) is 12.2. The molecule has 0 aliphatic carbocycles. The molecule has 0 aliphatic heterocycles. The van der Waals surface area contributed by atoms with Crippen LogP contribution >= 0.6 is 0 Å². The maximum atomic E-state index is 5.79. The van der Waals surface area contributed by atoms with E-state index in [9.17, 15) is 0 Å². The van der Waals surface area contributed by atoms with Crippen molar-refractivity contribution >= 4 is 0 Å². The van der Waals surface area contributed by atoms with Crippen LogP contribution < -0.4 is 11.3 Å². The fraction of sp³-hybridized carbons (Fsp3) is 1.00. The third-order valence-electron chi connectivity index (χ3n) is 3.25. The van der Waals surface area contributed by atoms with Crippen molar-refractivity contribution in [1.82, 2.24) is 5.43 Å². The van der Waals surface area contributed by atoms with Crippen LogP contribution in [0.15, 0.2) is 0 Å². The summed E-state index contributed by atoms with van der Waals surface area (Å²) in [5, 5.41) is 0. The predicted octanol–water partition coefficient (Wildman–Crippen LogP) is 3.24. The van der Waals surface area contributed by atoms with Gasteiger partial charge in [-0.2, -0.15) is 0 Å². The topological polar surface area (TPSA) is 47.3 Å². The van der Waals surface area contributed by atoms with Crippen molar-refractivity contribution < 1.29 is 4.74 Å². The molecule has 0 aromatic rings. The normalized spacial score (nSPS) is 15.2. The molecule has 104 valence electrons. The van der Waals surface area contributed by atoms with E-state index in [0.29, 0.717) is 5.92 Å². The summed E-state index contributed by atoms with van der Waals surface area (Å²) in [7, 11) is 0. The summed E-state index contributed by atoms with van der Waals surface area (Å²) in [5.74, 6) is 6.16. The molecule has 0 aliphatic rings. The standard InChI is InChI=1S/C14H32N2O/c1-5-7-8-9-10-11-13(16-15)14(12(3)4)17-6-2/h12-14,16H,5-11,15H2,1-4H3. The van der Waals surface area contributed by atoms with Gasteiger partial charge in [0.1, 0.15) is 0 Å². The molecule has 0 aromatic carbocycles. The first-order chi connectivity index (χ1) is 8.17.